The first kappa shape index (κ1) is 15.9. The van der Waals surface area contributed by atoms with Gasteiger partial charge in [0.05, 0.1) is 6.54 Å². The lowest BCUT2D eigenvalue weighted by molar-refractivity contribution is 0.0773. The van der Waals surface area contributed by atoms with Crippen LogP contribution in [0.15, 0.2) is 67.0 Å². The number of carbonyl (C=O) groups is 1. The SMILES string of the molecule is O=C(c1ccc2cc[nH]c2c1)N1CCC(Oc2cccc3cccnc23)C1. The van der Waals surface area contributed by atoms with E-state index in [1.807, 2.05) is 65.7 Å². The number of likely N-dealkylation sites (tertiary alicyclic amines) is 1. The van der Waals surface area contributed by atoms with Crippen molar-refractivity contribution in [1.82, 2.24) is 14.9 Å². The largest absolute Gasteiger partial charge is 0.486 e. The van der Waals surface area contributed by atoms with Gasteiger partial charge in [-0.1, -0.05) is 24.3 Å². The van der Waals surface area contributed by atoms with Crippen molar-refractivity contribution >= 4 is 27.7 Å². The first-order valence-electron chi connectivity index (χ1n) is 9.15. The maximum atomic E-state index is 12.9. The molecule has 0 radical (unpaired) electrons. The summed E-state index contributed by atoms with van der Waals surface area (Å²) >= 11 is 0. The average molecular weight is 357 g/mol. The molecule has 1 saturated heterocycles. The number of H-pyrrole nitrogens is 1. The minimum atomic E-state index is -0.0178. The Labute approximate surface area is 156 Å². The highest BCUT2D eigenvalue weighted by molar-refractivity contribution is 5.98. The molecular formula is C22H19N3O2. The van der Waals surface area contributed by atoms with Gasteiger partial charge in [0.15, 0.2) is 0 Å². The summed E-state index contributed by atoms with van der Waals surface area (Å²) in [7, 11) is 0. The highest BCUT2D eigenvalue weighted by atomic mass is 16.5. The van der Waals surface area contributed by atoms with E-state index in [-0.39, 0.29) is 12.0 Å². The van der Waals surface area contributed by atoms with E-state index in [1.54, 1.807) is 6.20 Å². The van der Waals surface area contributed by atoms with E-state index in [9.17, 15) is 4.79 Å². The van der Waals surface area contributed by atoms with Gasteiger partial charge in [0.1, 0.15) is 17.4 Å². The van der Waals surface area contributed by atoms with Gasteiger partial charge in [-0.3, -0.25) is 9.78 Å². The Hall–Kier alpha value is -3.34. The number of nitrogens with one attached hydrogen (secondary N) is 1. The summed E-state index contributed by atoms with van der Waals surface area (Å²) in [5.41, 5.74) is 2.55. The minimum absolute atomic E-state index is 0.0178. The number of para-hydroxylation sites is 1. The van der Waals surface area contributed by atoms with Crippen LogP contribution in [0, 0.1) is 0 Å². The lowest BCUT2D eigenvalue weighted by Gasteiger charge is -2.18. The third-order valence-electron chi connectivity index (χ3n) is 5.12. The standard InChI is InChI=1S/C22H19N3O2/c26-22(17-7-6-15-8-11-23-19(15)13-17)25-12-9-18(14-25)27-20-5-1-3-16-4-2-10-24-21(16)20/h1-8,10-11,13,18,23H,9,12,14H2. The number of aromatic nitrogens is 2. The predicted octanol–water partition coefficient (Wildman–Crippen LogP) is 4.01. The van der Waals surface area contributed by atoms with Crippen LogP contribution in [0.1, 0.15) is 16.8 Å². The number of benzene rings is 2. The molecule has 5 rings (SSSR count). The van der Waals surface area contributed by atoms with Crippen molar-refractivity contribution < 1.29 is 9.53 Å². The van der Waals surface area contributed by atoms with E-state index < -0.39 is 0 Å². The fourth-order valence-corrected chi connectivity index (χ4v) is 3.72. The number of aromatic amines is 1. The monoisotopic (exact) mass is 357 g/mol. The minimum Gasteiger partial charge on any atom is -0.486 e. The summed E-state index contributed by atoms with van der Waals surface area (Å²) < 4.78 is 6.20. The van der Waals surface area contributed by atoms with Crippen LogP contribution < -0.4 is 4.74 Å². The molecule has 1 aliphatic heterocycles. The van der Waals surface area contributed by atoms with E-state index in [0.29, 0.717) is 18.7 Å². The Morgan fingerprint density at radius 3 is 3.00 bits per heavy atom. The Bertz CT molecular complexity index is 1130. The van der Waals surface area contributed by atoms with E-state index in [0.717, 1.165) is 34.0 Å². The van der Waals surface area contributed by atoms with Gasteiger partial charge in [0.2, 0.25) is 0 Å². The number of fused-ring (bicyclic) bond motifs is 2. The first-order valence-corrected chi connectivity index (χ1v) is 9.15. The van der Waals surface area contributed by atoms with Crippen LogP contribution >= 0.6 is 0 Å². The Morgan fingerprint density at radius 1 is 1.11 bits per heavy atom. The molecule has 1 N–H and O–H groups in total. The summed E-state index contributed by atoms with van der Waals surface area (Å²) in [5, 5.41) is 2.16. The van der Waals surface area contributed by atoms with Gasteiger partial charge in [-0.2, -0.15) is 0 Å². The molecular weight excluding hydrogens is 338 g/mol. The molecule has 2 aromatic carbocycles. The number of amides is 1. The third kappa shape index (κ3) is 2.91. The Kier molecular flexibility index (Phi) is 3.78. The average Bonchev–Trinajstić information content (AvgIpc) is 3.36. The Balaban J connectivity index is 1.32. The fourth-order valence-electron chi connectivity index (χ4n) is 3.72. The van der Waals surface area contributed by atoms with Gasteiger partial charge < -0.3 is 14.6 Å². The van der Waals surface area contributed by atoms with Gasteiger partial charge in [-0.25, -0.2) is 0 Å². The molecule has 0 aliphatic carbocycles. The molecule has 27 heavy (non-hydrogen) atoms. The van der Waals surface area contributed by atoms with Gasteiger partial charge in [0.25, 0.3) is 5.91 Å². The number of carbonyl (C=O) groups excluding carboxylic acids is 1. The molecule has 1 fully saturated rings. The molecule has 3 heterocycles. The quantitative estimate of drug-likeness (QED) is 0.603. The molecule has 134 valence electrons. The van der Waals surface area contributed by atoms with E-state index >= 15 is 0 Å². The predicted molar refractivity (Wildman–Crippen MR) is 105 cm³/mol. The highest BCUT2D eigenvalue weighted by Crippen LogP contribution is 2.27. The zero-order chi connectivity index (χ0) is 18.2. The van der Waals surface area contributed by atoms with Crippen molar-refractivity contribution in [2.24, 2.45) is 0 Å². The van der Waals surface area contributed by atoms with Gasteiger partial charge in [0, 0.05) is 41.8 Å². The zero-order valence-electron chi connectivity index (χ0n) is 14.8. The molecule has 1 amide bonds. The number of ether oxygens (including phenoxy) is 1. The molecule has 0 spiro atoms. The van der Waals surface area contributed by atoms with Crippen LogP contribution in [0.25, 0.3) is 21.8 Å². The summed E-state index contributed by atoms with van der Waals surface area (Å²) in [6, 6.07) is 17.7. The van der Waals surface area contributed by atoms with Crippen molar-refractivity contribution in [3.05, 3.63) is 72.6 Å². The summed E-state index contributed by atoms with van der Waals surface area (Å²) in [6.45, 7) is 1.29. The van der Waals surface area contributed by atoms with E-state index in [1.165, 1.54) is 0 Å². The molecule has 1 aliphatic rings. The smallest absolute Gasteiger partial charge is 0.254 e. The summed E-state index contributed by atoms with van der Waals surface area (Å²) in [6.07, 6.45) is 4.46. The van der Waals surface area contributed by atoms with Gasteiger partial charge in [-0.15, -0.1) is 0 Å². The topological polar surface area (TPSA) is 58.2 Å². The van der Waals surface area contributed by atoms with Crippen molar-refractivity contribution in [3.8, 4) is 5.75 Å². The number of rotatable bonds is 3. The maximum absolute atomic E-state index is 12.9. The van der Waals surface area contributed by atoms with Gasteiger partial charge in [-0.05, 0) is 35.7 Å². The van der Waals surface area contributed by atoms with E-state index in [2.05, 4.69) is 9.97 Å². The van der Waals surface area contributed by atoms with Crippen LogP contribution in [0.5, 0.6) is 5.75 Å². The number of hydrogen-bond donors (Lipinski definition) is 1. The summed E-state index contributed by atoms with van der Waals surface area (Å²) in [4.78, 5) is 22.3. The normalized spacial score (nSPS) is 16.9. The summed E-state index contributed by atoms with van der Waals surface area (Å²) in [5.74, 6) is 0.828. The molecule has 4 aromatic rings. The number of hydrogen-bond acceptors (Lipinski definition) is 3. The van der Waals surface area contributed by atoms with Crippen LogP contribution in [-0.4, -0.2) is 40.0 Å². The highest BCUT2D eigenvalue weighted by Gasteiger charge is 2.28. The molecule has 0 saturated carbocycles. The Morgan fingerprint density at radius 2 is 2.04 bits per heavy atom. The van der Waals surface area contributed by atoms with Gasteiger partial charge >= 0.3 is 0 Å². The lowest BCUT2D eigenvalue weighted by atomic mass is 10.1. The first-order chi connectivity index (χ1) is 13.3. The van der Waals surface area contributed by atoms with E-state index in [4.69, 9.17) is 4.74 Å². The van der Waals surface area contributed by atoms with Crippen molar-refractivity contribution in [1.29, 1.82) is 0 Å². The maximum Gasteiger partial charge on any atom is 0.254 e. The molecule has 5 nitrogen and oxygen atoms in total. The number of nitrogens with zero attached hydrogens (tertiary/aromatic N) is 2. The van der Waals surface area contributed by atoms with Crippen molar-refractivity contribution in [2.75, 3.05) is 13.1 Å². The molecule has 5 heteroatoms. The number of pyridine rings is 1. The molecule has 1 unspecified atom stereocenters. The van der Waals surface area contributed by atoms with Crippen molar-refractivity contribution in [3.63, 3.8) is 0 Å². The van der Waals surface area contributed by atoms with Crippen LogP contribution in [-0.2, 0) is 0 Å². The second-order valence-electron chi connectivity index (χ2n) is 6.89. The van der Waals surface area contributed by atoms with Crippen LogP contribution in [0.3, 0.4) is 0 Å². The molecule has 2 aromatic heterocycles. The lowest BCUT2D eigenvalue weighted by Crippen LogP contribution is -2.30. The van der Waals surface area contributed by atoms with Crippen molar-refractivity contribution in [2.45, 2.75) is 12.5 Å². The molecule has 0 bridgehead atoms. The third-order valence-corrected chi connectivity index (χ3v) is 5.12. The second-order valence-corrected chi connectivity index (χ2v) is 6.89. The second kappa shape index (κ2) is 6.43. The molecule has 1 atom stereocenters. The fraction of sp³-hybridized carbons (Fsp3) is 0.182. The van der Waals surface area contributed by atoms with Crippen LogP contribution in [0.4, 0.5) is 0 Å². The zero-order valence-corrected chi connectivity index (χ0v) is 14.8. The van der Waals surface area contributed by atoms with Crippen LogP contribution in [0.2, 0.25) is 0 Å².